The summed E-state index contributed by atoms with van der Waals surface area (Å²) in [6.45, 7) is 3.54. The predicted molar refractivity (Wildman–Crippen MR) is 138 cm³/mol. The number of hydrogen-bond acceptors (Lipinski definition) is 5. The van der Waals surface area contributed by atoms with Gasteiger partial charge in [0.05, 0.1) is 22.8 Å². The van der Waals surface area contributed by atoms with Gasteiger partial charge in [-0.15, -0.1) is 0 Å². The van der Waals surface area contributed by atoms with E-state index in [9.17, 15) is 14.0 Å². The minimum atomic E-state index is -0.532. The van der Waals surface area contributed by atoms with Crippen LogP contribution in [0.15, 0.2) is 81.1 Å². The molecule has 178 valence electrons. The molecule has 9 heteroatoms. The molecule has 0 atom stereocenters. The highest BCUT2D eigenvalue weighted by Crippen LogP contribution is 2.20. The third-order valence-corrected chi connectivity index (χ3v) is 5.58. The number of nitrogens with zero attached hydrogens (tertiary/aromatic N) is 3. The van der Waals surface area contributed by atoms with Crippen LogP contribution in [0.5, 0.6) is 5.75 Å². The second-order valence-electron chi connectivity index (χ2n) is 8.00. The third kappa shape index (κ3) is 5.63. The summed E-state index contributed by atoms with van der Waals surface area (Å²) < 4.78 is 21.5. The van der Waals surface area contributed by atoms with Crippen LogP contribution in [0.4, 0.5) is 10.1 Å². The molecular formula is C26H22BrFN4O3. The van der Waals surface area contributed by atoms with Crippen LogP contribution in [0.3, 0.4) is 0 Å². The Balaban J connectivity index is 1.59. The van der Waals surface area contributed by atoms with Gasteiger partial charge < -0.3 is 10.1 Å². The smallest absolute Gasteiger partial charge is 0.282 e. The van der Waals surface area contributed by atoms with E-state index in [0.717, 1.165) is 4.47 Å². The number of nitrogens with one attached hydrogen (secondary N) is 1. The van der Waals surface area contributed by atoms with E-state index in [-0.39, 0.29) is 23.8 Å². The maximum absolute atomic E-state index is 13.8. The van der Waals surface area contributed by atoms with E-state index in [2.05, 4.69) is 31.3 Å². The monoisotopic (exact) mass is 536 g/mol. The van der Waals surface area contributed by atoms with Gasteiger partial charge in [-0.1, -0.05) is 54.0 Å². The fourth-order valence-electron chi connectivity index (χ4n) is 3.38. The van der Waals surface area contributed by atoms with Gasteiger partial charge in [-0.05, 0) is 42.5 Å². The molecule has 1 heterocycles. The van der Waals surface area contributed by atoms with Gasteiger partial charge in [-0.3, -0.25) is 9.59 Å². The number of anilines is 1. The molecule has 3 aromatic carbocycles. The van der Waals surface area contributed by atoms with E-state index in [1.165, 1.54) is 29.1 Å². The maximum atomic E-state index is 13.8. The van der Waals surface area contributed by atoms with Gasteiger partial charge in [0.15, 0.2) is 6.61 Å². The third-order valence-electron chi connectivity index (χ3n) is 5.09. The number of halogens is 2. The quantitative estimate of drug-likeness (QED) is 0.324. The van der Waals surface area contributed by atoms with Crippen LogP contribution < -0.4 is 15.6 Å². The summed E-state index contributed by atoms with van der Waals surface area (Å²) in [5.41, 5.74) is 0.936. The number of rotatable bonds is 7. The molecule has 0 radical (unpaired) electrons. The summed E-state index contributed by atoms with van der Waals surface area (Å²) in [5.74, 6) is -0.193. The summed E-state index contributed by atoms with van der Waals surface area (Å²) in [7, 11) is 0. The van der Waals surface area contributed by atoms with Crippen molar-refractivity contribution in [3.63, 3.8) is 0 Å². The van der Waals surface area contributed by atoms with Crippen molar-refractivity contribution in [2.24, 2.45) is 5.10 Å². The van der Waals surface area contributed by atoms with Gasteiger partial charge in [0.25, 0.3) is 11.5 Å². The van der Waals surface area contributed by atoms with Gasteiger partial charge >= 0.3 is 0 Å². The molecule has 35 heavy (non-hydrogen) atoms. The van der Waals surface area contributed by atoms with E-state index < -0.39 is 11.7 Å². The number of carbonyl (C=O) groups excluding carboxylic acids is 1. The van der Waals surface area contributed by atoms with Crippen LogP contribution in [0, 0.1) is 5.82 Å². The lowest BCUT2D eigenvalue weighted by Crippen LogP contribution is -2.23. The first-order chi connectivity index (χ1) is 16.8. The fourth-order valence-corrected chi connectivity index (χ4v) is 3.74. The molecule has 0 saturated heterocycles. The van der Waals surface area contributed by atoms with Crippen LogP contribution in [0.1, 0.15) is 31.2 Å². The zero-order chi connectivity index (χ0) is 24.9. The van der Waals surface area contributed by atoms with Gasteiger partial charge in [0.1, 0.15) is 17.4 Å². The Kier molecular flexibility index (Phi) is 7.36. The molecule has 4 rings (SSSR count). The van der Waals surface area contributed by atoms with E-state index in [0.29, 0.717) is 28.0 Å². The zero-order valence-corrected chi connectivity index (χ0v) is 20.6. The molecule has 0 saturated carbocycles. The second-order valence-corrected chi connectivity index (χ2v) is 8.92. The van der Waals surface area contributed by atoms with Crippen molar-refractivity contribution >= 4 is 44.6 Å². The van der Waals surface area contributed by atoms with Gasteiger partial charge in [0.2, 0.25) is 0 Å². The molecule has 0 aliphatic carbocycles. The Morgan fingerprint density at radius 2 is 1.91 bits per heavy atom. The van der Waals surface area contributed by atoms with Gasteiger partial charge in [0, 0.05) is 16.0 Å². The van der Waals surface area contributed by atoms with E-state index in [1.54, 1.807) is 42.5 Å². The molecule has 1 aromatic heterocycles. The summed E-state index contributed by atoms with van der Waals surface area (Å²) in [6.07, 6.45) is 1.49. The maximum Gasteiger partial charge on any atom is 0.282 e. The zero-order valence-electron chi connectivity index (χ0n) is 19.0. The SMILES string of the molecule is CC(C)c1nc2ccc(Br)cc2c(=O)n1N=Cc1ccccc1OCC(=O)Nc1ccccc1F. The first-order valence-corrected chi connectivity index (χ1v) is 11.7. The van der Waals surface area contributed by atoms with Crippen molar-refractivity contribution < 1.29 is 13.9 Å². The summed E-state index contributed by atoms with van der Waals surface area (Å²) in [6, 6.07) is 18.2. The van der Waals surface area contributed by atoms with Crippen molar-refractivity contribution in [3.05, 3.63) is 98.8 Å². The molecule has 0 fully saturated rings. The number of fused-ring (bicyclic) bond motifs is 1. The number of aromatic nitrogens is 2. The molecule has 0 bridgehead atoms. The predicted octanol–water partition coefficient (Wildman–Crippen LogP) is 5.32. The van der Waals surface area contributed by atoms with Crippen LogP contribution in [-0.4, -0.2) is 28.4 Å². The van der Waals surface area contributed by atoms with Gasteiger partial charge in [-0.25, -0.2) is 9.37 Å². The molecule has 0 aliphatic rings. The minimum Gasteiger partial charge on any atom is -0.483 e. The van der Waals surface area contributed by atoms with E-state index >= 15 is 0 Å². The minimum absolute atomic E-state index is 0.0542. The lowest BCUT2D eigenvalue weighted by atomic mass is 10.2. The van der Waals surface area contributed by atoms with Crippen LogP contribution >= 0.6 is 15.9 Å². The van der Waals surface area contributed by atoms with Crippen molar-refractivity contribution in [1.29, 1.82) is 0 Å². The molecule has 0 aliphatic heterocycles. The number of benzene rings is 3. The molecule has 0 unspecified atom stereocenters. The number of para-hydroxylation sites is 2. The molecule has 1 amide bonds. The summed E-state index contributed by atoms with van der Waals surface area (Å²) >= 11 is 3.39. The van der Waals surface area contributed by atoms with Crippen LogP contribution in [0.2, 0.25) is 0 Å². The highest BCUT2D eigenvalue weighted by Gasteiger charge is 2.14. The first kappa shape index (κ1) is 24.3. The number of ether oxygens (including phenoxy) is 1. The second kappa shape index (κ2) is 10.6. The normalized spacial score (nSPS) is 11.3. The summed E-state index contributed by atoms with van der Waals surface area (Å²) in [4.78, 5) is 30.1. The Bertz CT molecular complexity index is 1480. The molecule has 4 aromatic rings. The summed E-state index contributed by atoms with van der Waals surface area (Å²) in [5, 5.41) is 7.33. The first-order valence-electron chi connectivity index (χ1n) is 10.9. The van der Waals surface area contributed by atoms with Crippen molar-refractivity contribution in [1.82, 2.24) is 9.66 Å². The largest absolute Gasteiger partial charge is 0.483 e. The number of amides is 1. The highest BCUT2D eigenvalue weighted by molar-refractivity contribution is 9.10. The van der Waals surface area contributed by atoms with Crippen molar-refractivity contribution in [3.8, 4) is 5.75 Å². The Hall–Kier alpha value is -3.85. The van der Waals surface area contributed by atoms with E-state index in [4.69, 9.17) is 4.74 Å². The van der Waals surface area contributed by atoms with Crippen LogP contribution in [-0.2, 0) is 4.79 Å². The average Bonchev–Trinajstić information content (AvgIpc) is 2.84. The topological polar surface area (TPSA) is 85.6 Å². The molecule has 7 nitrogen and oxygen atoms in total. The average molecular weight is 537 g/mol. The van der Waals surface area contributed by atoms with E-state index in [1.807, 2.05) is 19.9 Å². The standard InChI is InChI=1S/C26H22BrFN4O3/c1-16(2)25-31-21-12-11-18(27)13-19(21)26(34)32(25)29-14-17-7-3-6-10-23(17)35-15-24(33)30-22-9-5-4-8-20(22)28/h3-14,16H,15H2,1-2H3,(H,30,33). The Morgan fingerprint density at radius 1 is 1.17 bits per heavy atom. The lowest BCUT2D eigenvalue weighted by molar-refractivity contribution is -0.118. The van der Waals surface area contributed by atoms with Crippen molar-refractivity contribution in [2.45, 2.75) is 19.8 Å². The Labute approximate surface area is 209 Å². The number of carbonyl (C=O) groups is 1. The highest BCUT2D eigenvalue weighted by atomic mass is 79.9. The van der Waals surface area contributed by atoms with Crippen LogP contribution in [0.25, 0.3) is 10.9 Å². The lowest BCUT2D eigenvalue weighted by Gasteiger charge is -2.12. The van der Waals surface area contributed by atoms with Crippen molar-refractivity contribution in [2.75, 3.05) is 11.9 Å². The Morgan fingerprint density at radius 3 is 2.69 bits per heavy atom. The molecule has 0 spiro atoms. The fraction of sp³-hybridized carbons (Fsp3) is 0.154. The number of hydrogen-bond donors (Lipinski definition) is 1. The molecular weight excluding hydrogens is 515 g/mol. The molecule has 1 N–H and O–H groups in total. The van der Waals surface area contributed by atoms with Gasteiger partial charge in [-0.2, -0.15) is 9.78 Å².